The second kappa shape index (κ2) is 4.88. The van der Waals surface area contributed by atoms with Crippen LogP contribution in [0.15, 0.2) is 0 Å². The van der Waals surface area contributed by atoms with Crippen molar-refractivity contribution in [3.05, 3.63) is 0 Å². The maximum Gasteiger partial charge on any atom is 0.248 e. The van der Waals surface area contributed by atoms with E-state index in [0.29, 0.717) is 6.54 Å². The van der Waals surface area contributed by atoms with Crippen LogP contribution >= 0.6 is 0 Å². The lowest BCUT2D eigenvalue weighted by atomic mass is 9.86. The number of alkyl halides is 2. The van der Waals surface area contributed by atoms with Gasteiger partial charge in [-0.1, -0.05) is 0 Å². The summed E-state index contributed by atoms with van der Waals surface area (Å²) in [5.74, 6) is -2.88. The molecular formula is C12H19F2NO2. The molecule has 1 atom stereocenters. The summed E-state index contributed by atoms with van der Waals surface area (Å²) in [5, 5.41) is 9.15. The monoisotopic (exact) mass is 247 g/mol. The fraction of sp³-hybridized carbons (Fsp3) is 0.917. The number of carbonyl (C=O) groups excluding carboxylic acids is 1. The van der Waals surface area contributed by atoms with Gasteiger partial charge in [-0.25, -0.2) is 8.78 Å². The van der Waals surface area contributed by atoms with Crippen LogP contribution in [-0.4, -0.2) is 41.0 Å². The Bertz CT molecular complexity index is 286. The third-order valence-corrected chi connectivity index (χ3v) is 3.94. The number of likely N-dealkylation sites (tertiary alicyclic amines) is 1. The van der Waals surface area contributed by atoms with E-state index in [9.17, 15) is 13.6 Å². The lowest BCUT2D eigenvalue weighted by Gasteiger charge is -2.32. The highest BCUT2D eigenvalue weighted by molar-refractivity contribution is 5.79. The number of aliphatic hydroxyl groups excluding tert-OH is 1. The Kier molecular flexibility index (Phi) is 3.66. The van der Waals surface area contributed by atoms with Crippen LogP contribution in [0, 0.1) is 5.92 Å². The van der Waals surface area contributed by atoms with Crippen LogP contribution in [0.4, 0.5) is 8.78 Å². The molecule has 0 spiro atoms. The van der Waals surface area contributed by atoms with Gasteiger partial charge in [-0.05, 0) is 25.7 Å². The molecule has 2 rings (SSSR count). The van der Waals surface area contributed by atoms with Crippen LogP contribution < -0.4 is 0 Å². The summed E-state index contributed by atoms with van der Waals surface area (Å²) in [6.07, 6.45) is 1.92. The molecule has 1 heterocycles. The summed E-state index contributed by atoms with van der Waals surface area (Å²) in [7, 11) is 0. The minimum Gasteiger partial charge on any atom is -0.394 e. The second-order valence-corrected chi connectivity index (χ2v) is 5.14. The smallest absolute Gasteiger partial charge is 0.248 e. The predicted molar refractivity (Wildman–Crippen MR) is 58.7 cm³/mol. The first kappa shape index (κ1) is 12.7. The van der Waals surface area contributed by atoms with E-state index in [4.69, 9.17) is 5.11 Å². The summed E-state index contributed by atoms with van der Waals surface area (Å²) < 4.78 is 26.0. The number of aliphatic hydroxyl groups is 1. The van der Waals surface area contributed by atoms with Crippen molar-refractivity contribution in [3.8, 4) is 0 Å². The molecule has 1 aliphatic carbocycles. The average Bonchev–Trinajstić information content (AvgIpc) is 2.76. The second-order valence-electron chi connectivity index (χ2n) is 5.14. The van der Waals surface area contributed by atoms with Gasteiger partial charge in [-0.2, -0.15) is 0 Å². The van der Waals surface area contributed by atoms with Gasteiger partial charge >= 0.3 is 0 Å². The van der Waals surface area contributed by atoms with E-state index in [1.165, 1.54) is 0 Å². The maximum absolute atomic E-state index is 13.0. The zero-order valence-corrected chi connectivity index (χ0v) is 9.87. The summed E-state index contributed by atoms with van der Waals surface area (Å²) in [5.41, 5.74) is 0. The zero-order valence-electron chi connectivity index (χ0n) is 9.87. The first-order valence-electron chi connectivity index (χ1n) is 6.33. The van der Waals surface area contributed by atoms with Crippen molar-refractivity contribution in [2.45, 2.75) is 50.5 Å². The van der Waals surface area contributed by atoms with Crippen LogP contribution in [0.5, 0.6) is 0 Å². The first-order valence-corrected chi connectivity index (χ1v) is 6.33. The Labute approximate surface area is 99.8 Å². The Hall–Kier alpha value is -0.710. The topological polar surface area (TPSA) is 40.5 Å². The van der Waals surface area contributed by atoms with Gasteiger partial charge in [0.15, 0.2) is 0 Å². The number of rotatable bonds is 2. The summed E-state index contributed by atoms with van der Waals surface area (Å²) >= 11 is 0. The van der Waals surface area contributed by atoms with Gasteiger partial charge in [0.1, 0.15) is 0 Å². The molecule has 17 heavy (non-hydrogen) atoms. The number of carbonyl (C=O) groups is 1. The van der Waals surface area contributed by atoms with E-state index in [1.807, 2.05) is 0 Å². The number of nitrogens with zero attached hydrogens (tertiary/aromatic N) is 1. The van der Waals surface area contributed by atoms with E-state index in [1.54, 1.807) is 4.90 Å². The van der Waals surface area contributed by atoms with E-state index in [-0.39, 0.29) is 50.2 Å². The van der Waals surface area contributed by atoms with Crippen molar-refractivity contribution in [3.63, 3.8) is 0 Å². The van der Waals surface area contributed by atoms with Crippen molar-refractivity contribution < 1.29 is 18.7 Å². The van der Waals surface area contributed by atoms with E-state index < -0.39 is 5.92 Å². The summed E-state index contributed by atoms with van der Waals surface area (Å²) in [4.78, 5) is 13.8. The van der Waals surface area contributed by atoms with Gasteiger partial charge in [0.05, 0.1) is 12.6 Å². The summed E-state index contributed by atoms with van der Waals surface area (Å²) in [6.45, 7) is 0.644. The molecule has 98 valence electrons. The van der Waals surface area contributed by atoms with Crippen LogP contribution in [0.2, 0.25) is 0 Å². The Morgan fingerprint density at radius 3 is 2.53 bits per heavy atom. The molecule has 0 aromatic carbocycles. The molecule has 0 radical (unpaired) electrons. The van der Waals surface area contributed by atoms with Gasteiger partial charge in [0, 0.05) is 25.3 Å². The van der Waals surface area contributed by atoms with Gasteiger partial charge < -0.3 is 10.0 Å². The Morgan fingerprint density at radius 2 is 1.94 bits per heavy atom. The SMILES string of the molecule is O=C(C1CCC(F)(F)CC1)N1CCCC1CO. The molecule has 0 aromatic heterocycles. The summed E-state index contributed by atoms with van der Waals surface area (Å²) in [6, 6.07) is -0.0927. The largest absolute Gasteiger partial charge is 0.394 e. The van der Waals surface area contributed by atoms with Crippen LogP contribution in [0.1, 0.15) is 38.5 Å². The molecule has 1 saturated heterocycles. The van der Waals surface area contributed by atoms with Gasteiger partial charge in [-0.3, -0.25) is 4.79 Å². The molecule has 2 aliphatic rings. The van der Waals surface area contributed by atoms with Gasteiger partial charge in [0.25, 0.3) is 0 Å². The van der Waals surface area contributed by atoms with Crippen LogP contribution in [-0.2, 0) is 4.79 Å². The number of hydrogen-bond acceptors (Lipinski definition) is 2. The molecule has 1 unspecified atom stereocenters. The van der Waals surface area contributed by atoms with Crippen LogP contribution in [0.25, 0.3) is 0 Å². The standard InChI is InChI=1S/C12H19F2NO2/c13-12(14)5-3-9(4-6-12)11(17)15-7-1-2-10(15)8-16/h9-10,16H,1-8H2. The molecule has 5 heteroatoms. The molecule has 0 aromatic rings. The lowest BCUT2D eigenvalue weighted by Crippen LogP contribution is -2.43. The molecule has 1 amide bonds. The third kappa shape index (κ3) is 2.76. The molecule has 1 aliphatic heterocycles. The number of hydrogen-bond donors (Lipinski definition) is 1. The highest BCUT2D eigenvalue weighted by Gasteiger charge is 2.40. The number of halogens is 2. The third-order valence-electron chi connectivity index (χ3n) is 3.94. The van der Waals surface area contributed by atoms with E-state index in [2.05, 4.69) is 0 Å². The Morgan fingerprint density at radius 1 is 1.29 bits per heavy atom. The van der Waals surface area contributed by atoms with Gasteiger partial charge in [-0.15, -0.1) is 0 Å². The van der Waals surface area contributed by atoms with Crippen molar-refractivity contribution in [2.75, 3.05) is 13.2 Å². The predicted octanol–water partition coefficient (Wildman–Crippen LogP) is 1.80. The normalized spacial score (nSPS) is 29.6. The molecule has 1 saturated carbocycles. The molecular weight excluding hydrogens is 228 g/mol. The van der Waals surface area contributed by atoms with E-state index >= 15 is 0 Å². The highest BCUT2D eigenvalue weighted by atomic mass is 19.3. The van der Waals surface area contributed by atoms with E-state index in [0.717, 1.165) is 12.8 Å². The molecule has 0 bridgehead atoms. The fourth-order valence-corrected chi connectivity index (χ4v) is 2.84. The van der Waals surface area contributed by atoms with Crippen molar-refractivity contribution in [2.24, 2.45) is 5.92 Å². The van der Waals surface area contributed by atoms with Crippen molar-refractivity contribution in [1.82, 2.24) is 4.90 Å². The average molecular weight is 247 g/mol. The molecule has 2 fully saturated rings. The lowest BCUT2D eigenvalue weighted by molar-refractivity contribution is -0.141. The zero-order chi connectivity index (χ0) is 12.5. The molecule has 3 nitrogen and oxygen atoms in total. The fourth-order valence-electron chi connectivity index (χ4n) is 2.84. The minimum atomic E-state index is -2.59. The Balaban J connectivity index is 1.92. The minimum absolute atomic E-state index is 0.0192. The number of amides is 1. The van der Waals surface area contributed by atoms with Crippen molar-refractivity contribution in [1.29, 1.82) is 0 Å². The van der Waals surface area contributed by atoms with Crippen LogP contribution in [0.3, 0.4) is 0 Å². The van der Waals surface area contributed by atoms with Crippen molar-refractivity contribution >= 4 is 5.91 Å². The quantitative estimate of drug-likeness (QED) is 0.808. The molecule has 1 N–H and O–H groups in total. The highest BCUT2D eigenvalue weighted by Crippen LogP contribution is 2.37. The first-order chi connectivity index (χ1) is 8.03. The van der Waals surface area contributed by atoms with Gasteiger partial charge in [0.2, 0.25) is 11.8 Å². The maximum atomic E-state index is 13.0.